The maximum absolute atomic E-state index is 12.2. The molecule has 94 valence electrons. The van der Waals surface area contributed by atoms with Gasteiger partial charge in [-0.1, -0.05) is 23.7 Å². The van der Waals surface area contributed by atoms with Gasteiger partial charge in [0.25, 0.3) is 5.91 Å². The fourth-order valence-electron chi connectivity index (χ4n) is 1.95. The van der Waals surface area contributed by atoms with Crippen LogP contribution >= 0.6 is 24.0 Å². The molecule has 1 aromatic rings. The van der Waals surface area contributed by atoms with Gasteiger partial charge in [0.2, 0.25) is 0 Å². The number of likely N-dealkylation sites (tertiary alicyclic amines) is 1. The fourth-order valence-corrected chi connectivity index (χ4v) is 2.16. The van der Waals surface area contributed by atoms with E-state index in [1.165, 1.54) is 0 Å². The van der Waals surface area contributed by atoms with Gasteiger partial charge in [-0.2, -0.15) is 0 Å². The van der Waals surface area contributed by atoms with E-state index in [4.69, 9.17) is 17.3 Å². The smallest absolute Gasteiger partial charge is 0.255 e. The van der Waals surface area contributed by atoms with Gasteiger partial charge in [-0.05, 0) is 25.0 Å². The van der Waals surface area contributed by atoms with Crippen LogP contribution in [-0.4, -0.2) is 29.9 Å². The molecule has 1 heterocycles. The highest BCUT2D eigenvalue weighted by molar-refractivity contribution is 6.34. The monoisotopic (exact) mass is 274 g/mol. The predicted molar refractivity (Wildman–Crippen MR) is 71.9 cm³/mol. The standard InChI is InChI=1S/C12H15ClN2O.ClH/c1-8-3-2-4-10(11(8)13)12(16)15-6-5-9(14)7-15;/h2-4,9H,5-7,14H2,1H3;1H/t9-;/m0./s1. The summed E-state index contributed by atoms with van der Waals surface area (Å²) in [6.45, 7) is 3.25. The number of nitrogens with two attached hydrogens (primary N) is 1. The minimum absolute atomic E-state index is 0. The summed E-state index contributed by atoms with van der Waals surface area (Å²) in [6, 6.07) is 5.62. The summed E-state index contributed by atoms with van der Waals surface area (Å²) >= 11 is 6.12. The fraction of sp³-hybridized carbons (Fsp3) is 0.417. The lowest BCUT2D eigenvalue weighted by Gasteiger charge is -2.17. The molecular formula is C12H16Cl2N2O. The van der Waals surface area contributed by atoms with E-state index in [0.29, 0.717) is 17.1 Å². The third-order valence-electron chi connectivity index (χ3n) is 2.93. The molecule has 1 atom stereocenters. The van der Waals surface area contributed by atoms with E-state index >= 15 is 0 Å². The highest BCUT2D eigenvalue weighted by Crippen LogP contribution is 2.23. The topological polar surface area (TPSA) is 46.3 Å². The minimum atomic E-state index is -0.0124. The van der Waals surface area contributed by atoms with Crippen LogP contribution in [0.3, 0.4) is 0 Å². The summed E-state index contributed by atoms with van der Waals surface area (Å²) in [5.74, 6) is -0.0124. The first kappa shape index (κ1) is 14.3. The van der Waals surface area contributed by atoms with Crippen molar-refractivity contribution in [2.24, 2.45) is 5.73 Å². The highest BCUT2D eigenvalue weighted by atomic mass is 35.5. The van der Waals surface area contributed by atoms with Crippen molar-refractivity contribution in [1.82, 2.24) is 4.90 Å². The number of hydrogen-bond donors (Lipinski definition) is 1. The van der Waals surface area contributed by atoms with Crippen LogP contribution in [-0.2, 0) is 0 Å². The molecule has 5 heteroatoms. The Morgan fingerprint density at radius 1 is 1.53 bits per heavy atom. The van der Waals surface area contributed by atoms with Crippen molar-refractivity contribution in [3.8, 4) is 0 Å². The Bertz CT molecular complexity index is 423. The van der Waals surface area contributed by atoms with Crippen molar-refractivity contribution in [2.75, 3.05) is 13.1 Å². The first-order valence-electron chi connectivity index (χ1n) is 5.39. The number of amides is 1. The van der Waals surface area contributed by atoms with Crippen LogP contribution in [0.4, 0.5) is 0 Å². The minimum Gasteiger partial charge on any atom is -0.337 e. The van der Waals surface area contributed by atoms with Gasteiger partial charge >= 0.3 is 0 Å². The number of carbonyl (C=O) groups is 1. The number of hydrogen-bond acceptors (Lipinski definition) is 2. The molecule has 0 aromatic heterocycles. The van der Waals surface area contributed by atoms with E-state index in [2.05, 4.69) is 0 Å². The maximum atomic E-state index is 12.2. The molecule has 1 aliphatic rings. The van der Waals surface area contributed by atoms with Crippen LogP contribution in [0.15, 0.2) is 18.2 Å². The second kappa shape index (κ2) is 5.71. The second-order valence-electron chi connectivity index (χ2n) is 4.24. The zero-order valence-electron chi connectivity index (χ0n) is 9.65. The Kier molecular flexibility index (Phi) is 4.80. The lowest BCUT2D eigenvalue weighted by atomic mass is 10.1. The predicted octanol–water partition coefficient (Wildman–Crippen LogP) is 2.24. The van der Waals surface area contributed by atoms with Gasteiger partial charge in [0, 0.05) is 19.1 Å². The number of carbonyl (C=O) groups excluding carboxylic acids is 1. The molecule has 1 amide bonds. The molecule has 2 rings (SSSR count). The van der Waals surface area contributed by atoms with Gasteiger partial charge in [-0.15, -0.1) is 12.4 Å². The van der Waals surface area contributed by atoms with E-state index in [0.717, 1.165) is 18.5 Å². The Morgan fingerprint density at radius 2 is 2.24 bits per heavy atom. The van der Waals surface area contributed by atoms with Crippen LogP contribution in [0.2, 0.25) is 5.02 Å². The van der Waals surface area contributed by atoms with Crippen molar-refractivity contribution in [1.29, 1.82) is 0 Å². The summed E-state index contributed by atoms with van der Waals surface area (Å²) in [6.07, 6.45) is 0.870. The zero-order chi connectivity index (χ0) is 11.7. The summed E-state index contributed by atoms with van der Waals surface area (Å²) in [5.41, 5.74) is 7.29. The molecule has 0 bridgehead atoms. The molecule has 1 saturated heterocycles. The Morgan fingerprint density at radius 3 is 2.82 bits per heavy atom. The first-order valence-corrected chi connectivity index (χ1v) is 5.77. The number of rotatable bonds is 1. The van der Waals surface area contributed by atoms with E-state index < -0.39 is 0 Å². The zero-order valence-corrected chi connectivity index (χ0v) is 11.2. The third-order valence-corrected chi connectivity index (χ3v) is 3.44. The van der Waals surface area contributed by atoms with Crippen LogP contribution < -0.4 is 5.73 Å². The van der Waals surface area contributed by atoms with Gasteiger partial charge in [-0.25, -0.2) is 0 Å². The third kappa shape index (κ3) is 2.92. The largest absolute Gasteiger partial charge is 0.337 e. The molecule has 1 aromatic carbocycles. The van der Waals surface area contributed by atoms with Crippen molar-refractivity contribution < 1.29 is 4.79 Å². The molecule has 0 spiro atoms. The Hall–Kier alpha value is -0.770. The van der Waals surface area contributed by atoms with Crippen molar-refractivity contribution in [2.45, 2.75) is 19.4 Å². The molecule has 17 heavy (non-hydrogen) atoms. The quantitative estimate of drug-likeness (QED) is 0.854. The summed E-state index contributed by atoms with van der Waals surface area (Å²) in [5, 5.41) is 0.549. The molecular weight excluding hydrogens is 259 g/mol. The van der Waals surface area contributed by atoms with E-state index in [1.54, 1.807) is 11.0 Å². The van der Waals surface area contributed by atoms with Gasteiger partial charge in [0.05, 0.1) is 10.6 Å². The Labute approximate surface area is 112 Å². The van der Waals surface area contributed by atoms with E-state index in [9.17, 15) is 4.79 Å². The number of halogens is 2. The molecule has 2 N–H and O–H groups in total. The summed E-state index contributed by atoms with van der Waals surface area (Å²) in [7, 11) is 0. The van der Waals surface area contributed by atoms with Gasteiger partial charge in [0.1, 0.15) is 0 Å². The number of nitrogens with zero attached hydrogens (tertiary/aromatic N) is 1. The van der Waals surface area contributed by atoms with Gasteiger partial charge in [-0.3, -0.25) is 4.79 Å². The second-order valence-corrected chi connectivity index (χ2v) is 4.61. The first-order chi connectivity index (χ1) is 7.59. The van der Waals surface area contributed by atoms with Crippen molar-refractivity contribution in [3.63, 3.8) is 0 Å². The van der Waals surface area contributed by atoms with Crippen molar-refractivity contribution >= 4 is 29.9 Å². The van der Waals surface area contributed by atoms with Gasteiger partial charge in [0.15, 0.2) is 0 Å². The SMILES string of the molecule is Cc1cccc(C(=O)N2CC[C@H](N)C2)c1Cl.Cl. The Balaban J connectivity index is 0.00000144. The highest BCUT2D eigenvalue weighted by Gasteiger charge is 2.25. The van der Waals surface area contributed by atoms with E-state index in [-0.39, 0.29) is 24.4 Å². The van der Waals surface area contributed by atoms with Crippen LogP contribution in [0.25, 0.3) is 0 Å². The van der Waals surface area contributed by atoms with Crippen LogP contribution in [0, 0.1) is 6.92 Å². The number of aryl methyl sites for hydroxylation is 1. The molecule has 0 unspecified atom stereocenters. The van der Waals surface area contributed by atoms with E-state index in [1.807, 2.05) is 19.1 Å². The molecule has 1 aliphatic heterocycles. The maximum Gasteiger partial charge on any atom is 0.255 e. The van der Waals surface area contributed by atoms with Crippen LogP contribution in [0.5, 0.6) is 0 Å². The average Bonchev–Trinajstić information content (AvgIpc) is 2.68. The summed E-state index contributed by atoms with van der Waals surface area (Å²) < 4.78 is 0. The summed E-state index contributed by atoms with van der Waals surface area (Å²) in [4.78, 5) is 13.9. The number of benzene rings is 1. The molecule has 0 aliphatic carbocycles. The normalized spacial score (nSPS) is 19.0. The van der Waals surface area contributed by atoms with Crippen molar-refractivity contribution in [3.05, 3.63) is 34.3 Å². The molecule has 0 radical (unpaired) electrons. The molecule has 0 saturated carbocycles. The lowest BCUT2D eigenvalue weighted by molar-refractivity contribution is 0.0791. The average molecular weight is 275 g/mol. The molecule has 1 fully saturated rings. The lowest BCUT2D eigenvalue weighted by Crippen LogP contribution is -2.32. The van der Waals surface area contributed by atoms with Crippen LogP contribution in [0.1, 0.15) is 22.3 Å². The van der Waals surface area contributed by atoms with Gasteiger partial charge < -0.3 is 10.6 Å². The molecule has 3 nitrogen and oxygen atoms in total.